The number of hydrogen-bond acceptors (Lipinski definition) is 2. The van der Waals surface area contributed by atoms with Gasteiger partial charge < -0.3 is 10.2 Å². The van der Waals surface area contributed by atoms with Crippen molar-refractivity contribution in [3.05, 3.63) is 34.1 Å². The van der Waals surface area contributed by atoms with Gasteiger partial charge in [0.1, 0.15) is 5.82 Å². The van der Waals surface area contributed by atoms with Crippen LogP contribution in [0.3, 0.4) is 0 Å². The molecule has 1 atom stereocenters. The Morgan fingerprint density at radius 1 is 1.44 bits per heavy atom. The van der Waals surface area contributed by atoms with Crippen molar-refractivity contribution in [1.82, 2.24) is 10.2 Å². The molecule has 1 aliphatic heterocycles. The third-order valence-electron chi connectivity index (χ3n) is 3.62. The van der Waals surface area contributed by atoms with Crippen LogP contribution in [0.25, 0.3) is 0 Å². The molecule has 1 aromatic carbocycles. The number of halogens is 2. The number of rotatable bonds is 4. The average Bonchev–Trinajstić information content (AvgIpc) is 2.36. The second kappa shape index (κ2) is 6.64. The van der Waals surface area contributed by atoms with E-state index in [0.29, 0.717) is 12.6 Å². The Morgan fingerprint density at radius 3 is 3.06 bits per heavy atom. The van der Waals surface area contributed by atoms with Crippen molar-refractivity contribution in [2.45, 2.75) is 31.8 Å². The van der Waals surface area contributed by atoms with Crippen LogP contribution in [0.1, 0.15) is 24.8 Å². The highest BCUT2D eigenvalue weighted by molar-refractivity contribution is 9.10. The molecule has 4 heteroatoms. The largest absolute Gasteiger partial charge is 0.311 e. The summed E-state index contributed by atoms with van der Waals surface area (Å²) in [5.41, 5.74) is 0.980. The predicted molar refractivity (Wildman–Crippen MR) is 76.1 cm³/mol. The number of benzene rings is 1. The third-order valence-corrected chi connectivity index (χ3v) is 4.40. The molecule has 1 N–H and O–H groups in total. The highest BCUT2D eigenvalue weighted by Gasteiger charge is 2.18. The second-order valence-electron chi connectivity index (χ2n) is 5.00. The summed E-state index contributed by atoms with van der Waals surface area (Å²) in [4.78, 5) is 2.41. The van der Waals surface area contributed by atoms with Crippen molar-refractivity contribution in [3.8, 4) is 0 Å². The van der Waals surface area contributed by atoms with Gasteiger partial charge >= 0.3 is 0 Å². The molecule has 2 rings (SSSR count). The lowest BCUT2D eigenvalue weighted by atomic mass is 10.0. The van der Waals surface area contributed by atoms with Gasteiger partial charge in [0.15, 0.2) is 0 Å². The summed E-state index contributed by atoms with van der Waals surface area (Å²) in [7, 11) is 2.18. The molecule has 0 saturated carbocycles. The van der Waals surface area contributed by atoms with Gasteiger partial charge in [0.25, 0.3) is 0 Å². The van der Waals surface area contributed by atoms with Gasteiger partial charge in [-0.15, -0.1) is 0 Å². The quantitative estimate of drug-likeness (QED) is 0.918. The van der Waals surface area contributed by atoms with Crippen LogP contribution in [-0.2, 0) is 6.54 Å². The molecule has 1 aromatic rings. The molecule has 0 radical (unpaired) electrons. The maximum atomic E-state index is 13.1. The maximum absolute atomic E-state index is 13.1. The third kappa shape index (κ3) is 3.77. The molecule has 0 spiro atoms. The van der Waals surface area contributed by atoms with Gasteiger partial charge in [-0.1, -0.05) is 22.4 Å². The van der Waals surface area contributed by atoms with E-state index in [9.17, 15) is 4.39 Å². The minimum Gasteiger partial charge on any atom is -0.311 e. The molecule has 1 fully saturated rings. The molecule has 2 nitrogen and oxygen atoms in total. The summed E-state index contributed by atoms with van der Waals surface area (Å²) in [5, 5.41) is 3.43. The first-order valence-electron chi connectivity index (χ1n) is 6.51. The number of piperidine rings is 1. The molecular weight excluding hydrogens is 295 g/mol. The van der Waals surface area contributed by atoms with Crippen LogP contribution in [0.5, 0.6) is 0 Å². The first-order chi connectivity index (χ1) is 8.66. The lowest BCUT2D eigenvalue weighted by Crippen LogP contribution is -2.42. The van der Waals surface area contributed by atoms with Gasteiger partial charge in [0, 0.05) is 23.6 Å². The molecule has 100 valence electrons. The molecule has 1 saturated heterocycles. The molecule has 0 aromatic heterocycles. The number of nitrogens with one attached hydrogen (secondary N) is 1. The Labute approximate surface area is 117 Å². The van der Waals surface area contributed by atoms with Crippen molar-refractivity contribution < 1.29 is 4.39 Å². The standard InChI is InChI=1S/C14H20BrFN2/c1-18-7-3-2-4-13(18)10-17-9-11-8-12(16)5-6-14(11)15/h5-6,8,13,17H,2-4,7,9-10H2,1H3. The fourth-order valence-corrected chi connectivity index (χ4v) is 2.84. The smallest absolute Gasteiger partial charge is 0.123 e. The molecule has 0 amide bonds. The first-order valence-corrected chi connectivity index (χ1v) is 7.31. The highest BCUT2D eigenvalue weighted by atomic mass is 79.9. The van der Waals surface area contributed by atoms with Crippen LogP contribution in [0, 0.1) is 5.82 Å². The molecule has 0 bridgehead atoms. The van der Waals surface area contributed by atoms with Crippen LogP contribution in [0.2, 0.25) is 0 Å². The molecule has 1 aliphatic rings. The summed E-state index contributed by atoms with van der Waals surface area (Å²) in [5.74, 6) is -0.176. The van der Waals surface area contributed by atoms with Gasteiger partial charge in [-0.3, -0.25) is 0 Å². The minimum atomic E-state index is -0.176. The number of hydrogen-bond donors (Lipinski definition) is 1. The van der Waals surface area contributed by atoms with Gasteiger partial charge in [0.05, 0.1) is 0 Å². The zero-order chi connectivity index (χ0) is 13.0. The first kappa shape index (κ1) is 14.0. The van der Waals surface area contributed by atoms with E-state index in [4.69, 9.17) is 0 Å². The van der Waals surface area contributed by atoms with E-state index in [0.717, 1.165) is 16.6 Å². The van der Waals surface area contributed by atoms with E-state index in [1.807, 2.05) is 0 Å². The number of nitrogens with zero attached hydrogens (tertiary/aromatic N) is 1. The lowest BCUT2D eigenvalue weighted by Gasteiger charge is -2.32. The van der Waals surface area contributed by atoms with E-state index >= 15 is 0 Å². The molecule has 1 unspecified atom stereocenters. The minimum absolute atomic E-state index is 0.176. The van der Waals surface area contributed by atoms with Crippen LogP contribution >= 0.6 is 15.9 Å². The molecule has 18 heavy (non-hydrogen) atoms. The summed E-state index contributed by atoms with van der Waals surface area (Å²) in [6.07, 6.45) is 3.89. The Morgan fingerprint density at radius 2 is 2.28 bits per heavy atom. The van der Waals surface area contributed by atoms with E-state index in [1.54, 1.807) is 12.1 Å². The Kier molecular flexibility index (Phi) is 5.15. The van der Waals surface area contributed by atoms with Crippen LogP contribution in [0.4, 0.5) is 4.39 Å². The Bertz CT molecular complexity index is 397. The molecular formula is C14H20BrFN2. The van der Waals surface area contributed by atoms with Gasteiger partial charge in [-0.2, -0.15) is 0 Å². The number of likely N-dealkylation sites (tertiary alicyclic amines) is 1. The summed E-state index contributed by atoms with van der Waals surface area (Å²) in [6, 6.07) is 5.44. The van der Waals surface area contributed by atoms with E-state index in [1.165, 1.54) is 31.9 Å². The number of likely N-dealkylation sites (N-methyl/N-ethyl adjacent to an activating group) is 1. The van der Waals surface area contributed by atoms with Crippen molar-refractivity contribution in [3.63, 3.8) is 0 Å². The van der Waals surface area contributed by atoms with Gasteiger partial charge in [-0.25, -0.2) is 4.39 Å². The highest BCUT2D eigenvalue weighted by Crippen LogP contribution is 2.18. The van der Waals surface area contributed by atoms with E-state index in [2.05, 4.69) is 33.2 Å². The second-order valence-corrected chi connectivity index (χ2v) is 5.85. The maximum Gasteiger partial charge on any atom is 0.123 e. The summed E-state index contributed by atoms with van der Waals surface area (Å²) < 4.78 is 14.1. The van der Waals surface area contributed by atoms with Crippen molar-refractivity contribution >= 4 is 15.9 Å². The normalized spacial score (nSPS) is 21.2. The topological polar surface area (TPSA) is 15.3 Å². The fraction of sp³-hybridized carbons (Fsp3) is 0.571. The van der Waals surface area contributed by atoms with Crippen molar-refractivity contribution in [2.24, 2.45) is 0 Å². The van der Waals surface area contributed by atoms with Crippen LogP contribution in [-0.4, -0.2) is 31.1 Å². The monoisotopic (exact) mass is 314 g/mol. The molecule has 1 heterocycles. The van der Waals surface area contributed by atoms with Crippen molar-refractivity contribution in [2.75, 3.05) is 20.1 Å². The van der Waals surface area contributed by atoms with Gasteiger partial charge in [0.2, 0.25) is 0 Å². The van der Waals surface area contributed by atoms with Crippen LogP contribution in [0.15, 0.2) is 22.7 Å². The SMILES string of the molecule is CN1CCCCC1CNCc1cc(F)ccc1Br. The average molecular weight is 315 g/mol. The Balaban J connectivity index is 1.82. The molecule has 0 aliphatic carbocycles. The zero-order valence-corrected chi connectivity index (χ0v) is 12.3. The van der Waals surface area contributed by atoms with Gasteiger partial charge in [-0.05, 0) is 50.2 Å². The van der Waals surface area contributed by atoms with E-state index < -0.39 is 0 Å². The summed E-state index contributed by atoms with van der Waals surface area (Å²) in [6.45, 7) is 2.87. The van der Waals surface area contributed by atoms with E-state index in [-0.39, 0.29) is 5.82 Å². The lowest BCUT2D eigenvalue weighted by molar-refractivity contribution is 0.181. The summed E-state index contributed by atoms with van der Waals surface area (Å²) >= 11 is 3.45. The predicted octanol–water partition coefficient (Wildman–Crippen LogP) is 3.16. The zero-order valence-electron chi connectivity index (χ0n) is 10.8. The van der Waals surface area contributed by atoms with Crippen LogP contribution < -0.4 is 5.32 Å². The van der Waals surface area contributed by atoms with Crippen molar-refractivity contribution in [1.29, 1.82) is 0 Å². The Hall–Kier alpha value is -0.450. The fourth-order valence-electron chi connectivity index (χ4n) is 2.45.